The molecule has 2 rings (SSSR count). The number of alkyl halides is 3. The number of ether oxygens (including phenoxy) is 1. The molecule has 1 aromatic carbocycles. The van der Waals surface area contributed by atoms with E-state index in [2.05, 4.69) is 15.4 Å². The van der Waals surface area contributed by atoms with E-state index in [0.717, 1.165) is 6.07 Å². The van der Waals surface area contributed by atoms with Crippen LogP contribution in [0.1, 0.15) is 6.42 Å². The van der Waals surface area contributed by atoms with Crippen molar-refractivity contribution in [1.29, 1.82) is 0 Å². The summed E-state index contributed by atoms with van der Waals surface area (Å²) >= 11 is 0. The van der Waals surface area contributed by atoms with Crippen molar-refractivity contribution in [3.63, 3.8) is 0 Å². The van der Waals surface area contributed by atoms with Gasteiger partial charge in [0.05, 0.1) is 17.2 Å². The molecule has 1 atom stereocenters. The lowest BCUT2D eigenvalue weighted by atomic mass is 10.2. The summed E-state index contributed by atoms with van der Waals surface area (Å²) in [4.78, 5) is 11.7. The molecule has 0 radical (unpaired) electrons. The van der Waals surface area contributed by atoms with Gasteiger partial charge in [0.25, 0.3) is 0 Å². The zero-order valence-corrected chi connectivity index (χ0v) is 12.0. The average Bonchev–Trinajstić information content (AvgIpc) is 2.69. The summed E-state index contributed by atoms with van der Waals surface area (Å²) < 4.78 is 63.1. The summed E-state index contributed by atoms with van der Waals surface area (Å²) in [6.07, 6.45) is -4.61. The molecule has 6 nitrogen and oxygen atoms in total. The van der Waals surface area contributed by atoms with Crippen LogP contribution in [0.4, 0.5) is 23.7 Å². The first-order chi connectivity index (χ1) is 10.1. The van der Waals surface area contributed by atoms with Crippen LogP contribution in [0, 0.1) is 0 Å². The van der Waals surface area contributed by atoms with Crippen molar-refractivity contribution in [3.8, 4) is 5.75 Å². The predicted molar refractivity (Wildman–Crippen MR) is 72.3 cm³/mol. The third kappa shape index (κ3) is 4.79. The Hall–Kier alpha value is -1.97. The molecule has 1 aliphatic heterocycles. The fourth-order valence-electron chi connectivity index (χ4n) is 2.04. The number of carbonyl (C=O) groups excluding carboxylic acids is 1. The van der Waals surface area contributed by atoms with E-state index >= 15 is 0 Å². The lowest BCUT2D eigenvalue weighted by molar-refractivity contribution is -0.274. The van der Waals surface area contributed by atoms with Crippen molar-refractivity contribution in [3.05, 3.63) is 24.3 Å². The molecule has 1 saturated heterocycles. The van der Waals surface area contributed by atoms with Crippen molar-refractivity contribution in [1.82, 2.24) is 5.32 Å². The molecule has 2 N–H and O–H groups in total. The Balaban J connectivity index is 2.00. The van der Waals surface area contributed by atoms with E-state index < -0.39 is 34.0 Å². The number of rotatable bonds is 3. The second-order valence-corrected chi connectivity index (χ2v) is 6.97. The molecule has 0 spiro atoms. The van der Waals surface area contributed by atoms with Gasteiger partial charge in [0.1, 0.15) is 0 Å². The lowest BCUT2D eigenvalue weighted by Crippen LogP contribution is -2.38. The number of nitrogens with one attached hydrogen (secondary N) is 2. The Morgan fingerprint density at radius 2 is 1.95 bits per heavy atom. The fraction of sp³-hybridized carbons (Fsp3) is 0.417. The predicted octanol–water partition coefficient (Wildman–Crippen LogP) is 1.89. The molecule has 10 heteroatoms. The number of benzene rings is 1. The Bertz CT molecular complexity index is 661. The van der Waals surface area contributed by atoms with Gasteiger partial charge in [-0.1, -0.05) is 12.1 Å². The summed E-state index contributed by atoms with van der Waals surface area (Å²) in [5, 5.41) is 4.62. The number of anilines is 1. The first-order valence-electron chi connectivity index (χ1n) is 6.27. The lowest BCUT2D eigenvalue weighted by Gasteiger charge is -2.15. The second kappa shape index (κ2) is 6.03. The fourth-order valence-corrected chi connectivity index (χ4v) is 3.71. The Kier molecular flexibility index (Phi) is 4.50. The van der Waals surface area contributed by atoms with Crippen LogP contribution in [0.15, 0.2) is 24.3 Å². The largest absolute Gasteiger partial charge is 0.573 e. The zero-order valence-electron chi connectivity index (χ0n) is 11.2. The second-order valence-electron chi connectivity index (χ2n) is 4.74. The number of amides is 2. The van der Waals surface area contributed by atoms with E-state index in [-0.39, 0.29) is 23.6 Å². The Morgan fingerprint density at radius 3 is 2.55 bits per heavy atom. The highest BCUT2D eigenvalue weighted by Crippen LogP contribution is 2.29. The zero-order chi connectivity index (χ0) is 16.4. The highest BCUT2D eigenvalue weighted by Gasteiger charge is 2.32. The molecule has 0 saturated carbocycles. The van der Waals surface area contributed by atoms with Crippen LogP contribution in [-0.4, -0.2) is 38.4 Å². The van der Waals surface area contributed by atoms with Gasteiger partial charge >= 0.3 is 12.4 Å². The van der Waals surface area contributed by atoms with E-state index in [4.69, 9.17) is 0 Å². The van der Waals surface area contributed by atoms with Crippen LogP contribution >= 0.6 is 0 Å². The highest BCUT2D eigenvalue weighted by molar-refractivity contribution is 7.91. The van der Waals surface area contributed by atoms with Gasteiger partial charge in [-0.25, -0.2) is 13.2 Å². The van der Waals surface area contributed by atoms with Crippen LogP contribution in [0.25, 0.3) is 0 Å². The number of halogens is 3. The third-order valence-corrected chi connectivity index (χ3v) is 4.70. The van der Waals surface area contributed by atoms with Crippen molar-refractivity contribution in [2.24, 2.45) is 0 Å². The number of para-hydroxylation sites is 2. The van der Waals surface area contributed by atoms with Gasteiger partial charge in [0.15, 0.2) is 15.6 Å². The Labute approximate surface area is 124 Å². The van der Waals surface area contributed by atoms with Gasteiger partial charge in [0.2, 0.25) is 0 Å². The number of carbonyl (C=O) groups is 1. The maximum Gasteiger partial charge on any atom is 0.573 e. The normalized spacial score (nSPS) is 20.4. The molecule has 1 heterocycles. The van der Waals surface area contributed by atoms with E-state index in [9.17, 15) is 26.4 Å². The van der Waals surface area contributed by atoms with Crippen molar-refractivity contribution in [2.45, 2.75) is 18.8 Å². The van der Waals surface area contributed by atoms with Gasteiger partial charge in [0, 0.05) is 6.04 Å². The molecule has 0 aliphatic carbocycles. The average molecular weight is 338 g/mol. The van der Waals surface area contributed by atoms with Crippen LogP contribution in [0.3, 0.4) is 0 Å². The van der Waals surface area contributed by atoms with Crippen LogP contribution in [0.5, 0.6) is 5.75 Å². The van der Waals surface area contributed by atoms with E-state index in [1.54, 1.807) is 0 Å². The topological polar surface area (TPSA) is 84.5 Å². The van der Waals surface area contributed by atoms with Crippen molar-refractivity contribution >= 4 is 21.6 Å². The third-order valence-electron chi connectivity index (χ3n) is 2.93. The number of sulfone groups is 1. The monoisotopic (exact) mass is 338 g/mol. The van der Waals surface area contributed by atoms with Gasteiger partial charge < -0.3 is 15.4 Å². The SMILES string of the molecule is O=C(Nc1ccccc1OC(F)(F)F)NC1CCS(=O)(=O)C1. The summed E-state index contributed by atoms with van der Waals surface area (Å²) in [6.45, 7) is 0. The van der Waals surface area contributed by atoms with E-state index in [1.165, 1.54) is 18.2 Å². The minimum atomic E-state index is -4.88. The Morgan fingerprint density at radius 1 is 1.27 bits per heavy atom. The summed E-state index contributed by atoms with van der Waals surface area (Å²) in [5.74, 6) is -0.753. The standard InChI is InChI=1S/C12H13F3N2O4S/c13-12(14,15)21-10-4-2-1-3-9(10)17-11(18)16-8-5-6-22(19,20)7-8/h1-4,8H,5-7H2,(H2,16,17,18). The number of hydrogen-bond donors (Lipinski definition) is 2. The molecule has 1 aromatic rings. The van der Waals surface area contributed by atoms with Gasteiger partial charge in [-0.05, 0) is 18.6 Å². The highest BCUT2D eigenvalue weighted by atomic mass is 32.2. The van der Waals surface area contributed by atoms with Gasteiger partial charge in [-0.2, -0.15) is 0 Å². The molecular weight excluding hydrogens is 325 g/mol. The molecule has 122 valence electrons. The molecule has 0 aromatic heterocycles. The number of urea groups is 1. The molecule has 22 heavy (non-hydrogen) atoms. The minimum absolute atomic E-state index is 0.0221. The summed E-state index contributed by atoms with van der Waals surface area (Å²) in [7, 11) is -3.16. The molecule has 0 bridgehead atoms. The number of hydrogen-bond acceptors (Lipinski definition) is 4. The molecule has 1 fully saturated rings. The van der Waals surface area contributed by atoms with Gasteiger partial charge in [-0.3, -0.25) is 0 Å². The van der Waals surface area contributed by atoms with Crippen LogP contribution in [-0.2, 0) is 9.84 Å². The first-order valence-corrected chi connectivity index (χ1v) is 8.09. The first kappa shape index (κ1) is 16.4. The quantitative estimate of drug-likeness (QED) is 0.881. The molecule has 2 amide bonds. The van der Waals surface area contributed by atoms with E-state index in [1.807, 2.05) is 0 Å². The summed E-state index contributed by atoms with van der Waals surface area (Å²) in [6, 6.07) is 3.71. The summed E-state index contributed by atoms with van der Waals surface area (Å²) in [5.41, 5.74) is -0.168. The molecule has 1 aliphatic rings. The van der Waals surface area contributed by atoms with Crippen molar-refractivity contribution in [2.75, 3.05) is 16.8 Å². The van der Waals surface area contributed by atoms with Crippen molar-refractivity contribution < 1.29 is 31.1 Å². The maximum atomic E-state index is 12.3. The van der Waals surface area contributed by atoms with E-state index in [0.29, 0.717) is 0 Å². The van der Waals surface area contributed by atoms with Gasteiger partial charge in [-0.15, -0.1) is 13.2 Å². The minimum Gasteiger partial charge on any atom is -0.404 e. The molecular formula is C12H13F3N2O4S. The van der Waals surface area contributed by atoms with Crippen LogP contribution in [0.2, 0.25) is 0 Å². The van der Waals surface area contributed by atoms with Crippen LogP contribution < -0.4 is 15.4 Å². The maximum absolute atomic E-state index is 12.3. The molecule has 1 unspecified atom stereocenters. The smallest absolute Gasteiger partial charge is 0.404 e.